The summed E-state index contributed by atoms with van der Waals surface area (Å²) in [5, 5.41) is 0. The molecule has 0 unspecified atom stereocenters. The second-order valence-corrected chi connectivity index (χ2v) is 8.78. The van der Waals surface area contributed by atoms with Gasteiger partial charge in [-0.2, -0.15) is 0 Å². The van der Waals surface area contributed by atoms with Crippen LogP contribution < -0.4 is 0 Å². The van der Waals surface area contributed by atoms with Gasteiger partial charge >= 0.3 is 100 Å². The quantitative estimate of drug-likeness (QED) is 0.635. The Kier molecular flexibility index (Phi) is 9.95. The summed E-state index contributed by atoms with van der Waals surface area (Å²) in [4.78, 5) is 0. The summed E-state index contributed by atoms with van der Waals surface area (Å²) >= 11 is -2.25. The fourth-order valence-electron chi connectivity index (χ4n) is 0.758. The molecule has 0 aliphatic carbocycles. The average Bonchev–Trinajstić information content (AvgIpc) is 2.02. The minimum atomic E-state index is -2.25. The van der Waals surface area contributed by atoms with Crippen LogP contribution in [0, 0.1) is 11.8 Å². The third-order valence-electron chi connectivity index (χ3n) is 1.78. The van der Waals surface area contributed by atoms with Crippen molar-refractivity contribution >= 4 is 28.7 Å². The molecule has 14 heavy (non-hydrogen) atoms. The Balaban J connectivity index is 3.23. The van der Waals surface area contributed by atoms with Gasteiger partial charge in [-0.3, -0.25) is 0 Å². The second-order valence-electron chi connectivity index (χ2n) is 4.24. The molecule has 0 radical (unpaired) electrons. The number of halogens is 1. The molecule has 86 valence electrons. The van der Waals surface area contributed by atoms with E-state index in [2.05, 4.69) is 27.7 Å². The van der Waals surface area contributed by atoms with Crippen molar-refractivity contribution in [3.8, 4) is 0 Å². The van der Waals surface area contributed by atoms with Gasteiger partial charge in [0.25, 0.3) is 0 Å². The molecule has 0 saturated heterocycles. The topological polar surface area (TPSA) is 18.5 Å². The summed E-state index contributed by atoms with van der Waals surface area (Å²) in [6, 6.07) is 0. The third kappa shape index (κ3) is 11.1. The van der Waals surface area contributed by atoms with Crippen LogP contribution in [-0.2, 0) is 6.03 Å². The summed E-state index contributed by atoms with van der Waals surface area (Å²) in [5.74, 6) is 1.35. The van der Waals surface area contributed by atoms with Crippen LogP contribution in [0.3, 0.4) is 0 Å². The maximum absolute atomic E-state index is 5.99. The molecule has 2 nitrogen and oxygen atoms in total. The van der Waals surface area contributed by atoms with Crippen LogP contribution in [0.5, 0.6) is 0 Å². The van der Waals surface area contributed by atoms with Crippen LogP contribution in [0.1, 0.15) is 40.5 Å². The van der Waals surface area contributed by atoms with E-state index in [4.69, 9.17) is 14.9 Å². The van der Waals surface area contributed by atoms with Crippen molar-refractivity contribution in [2.75, 3.05) is 13.2 Å². The molecule has 0 heterocycles. The van der Waals surface area contributed by atoms with Gasteiger partial charge in [-0.15, -0.1) is 0 Å². The van der Waals surface area contributed by atoms with E-state index >= 15 is 0 Å². The van der Waals surface area contributed by atoms with E-state index in [1.54, 1.807) is 0 Å². The van der Waals surface area contributed by atoms with E-state index in [1.165, 1.54) is 0 Å². The van der Waals surface area contributed by atoms with Gasteiger partial charge in [0.2, 0.25) is 0 Å². The van der Waals surface area contributed by atoms with Gasteiger partial charge in [-0.05, 0) is 0 Å². The predicted octanol–water partition coefficient (Wildman–Crippen LogP) is 3.34. The molecule has 0 spiro atoms. The van der Waals surface area contributed by atoms with E-state index in [-0.39, 0.29) is 0 Å². The third-order valence-corrected chi connectivity index (χ3v) is 5.29. The first-order chi connectivity index (χ1) is 6.52. The molecule has 0 aliphatic rings. The fourth-order valence-corrected chi connectivity index (χ4v) is 3.32. The fraction of sp³-hybridized carbons (Fsp3) is 1.00. The minimum absolute atomic E-state index is 0.677. The van der Waals surface area contributed by atoms with Gasteiger partial charge in [0.05, 0.1) is 0 Å². The first kappa shape index (κ1) is 15.0. The zero-order valence-corrected chi connectivity index (χ0v) is 12.9. The number of hydrogen-bond acceptors (Lipinski definition) is 2. The standard InChI is InChI=1S/2C5H11O.ClH.Sb/c2*1-5(2)3-4-6;;/h2*5H,3-4H2,1-2H3;1H;/q2*-1;;+3/p-1. The molecule has 4 heteroatoms. The average molecular weight is 331 g/mol. The second kappa shape index (κ2) is 9.27. The SMILES string of the molecule is CC(C)CC[O][Sb]([Cl])[O]CCC(C)C. The monoisotopic (exact) mass is 330 g/mol. The van der Waals surface area contributed by atoms with E-state index in [0.717, 1.165) is 26.1 Å². The van der Waals surface area contributed by atoms with Crippen molar-refractivity contribution in [1.82, 2.24) is 0 Å². The van der Waals surface area contributed by atoms with Crippen LogP contribution in [0.4, 0.5) is 0 Å². The first-order valence-corrected chi connectivity index (χ1v) is 10.6. The summed E-state index contributed by atoms with van der Waals surface area (Å²) in [7, 11) is 5.99. The molecular weight excluding hydrogens is 309 g/mol. The normalized spacial score (nSPS) is 12.0. The van der Waals surface area contributed by atoms with Gasteiger partial charge in [-0.1, -0.05) is 0 Å². The van der Waals surface area contributed by atoms with E-state index in [9.17, 15) is 0 Å². The van der Waals surface area contributed by atoms with Crippen LogP contribution in [0.15, 0.2) is 0 Å². The van der Waals surface area contributed by atoms with Gasteiger partial charge in [0.1, 0.15) is 0 Å². The Hall–Kier alpha value is 1.03. The zero-order chi connectivity index (χ0) is 11.0. The van der Waals surface area contributed by atoms with E-state index in [1.807, 2.05) is 0 Å². The molecule has 0 aromatic carbocycles. The Morgan fingerprint density at radius 3 is 1.57 bits per heavy atom. The molecule has 0 aromatic rings. The Morgan fingerprint density at radius 1 is 0.929 bits per heavy atom. The first-order valence-electron chi connectivity index (χ1n) is 5.24. The Labute approximate surface area is 100 Å². The molecule has 0 atom stereocenters. The van der Waals surface area contributed by atoms with Crippen molar-refractivity contribution < 1.29 is 6.03 Å². The van der Waals surface area contributed by atoms with Gasteiger partial charge in [0.15, 0.2) is 0 Å². The van der Waals surface area contributed by atoms with Crippen molar-refractivity contribution in [2.24, 2.45) is 11.8 Å². The molecule has 0 bridgehead atoms. The zero-order valence-electron chi connectivity index (χ0n) is 9.62. The van der Waals surface area contributed by atoms with Crippen molar-refractivity contribution in [2.45, 2.75) is 40.5 Å². The number of rotatable bonds is 8. The molecule has 0 fully saturated rings. The molecule has 0 N–H and O–H groups in total. The van der Waals surface area contributed by atoms with Gasteiger partial charge in [-0.25, -0.2) is 0 Å². The molecule has 0 aliphatic heterocycles. The van der Waals surface area contributed by atoms with Crippen LogP contribution >= 0.6 is 8.83 Å². The molecular formula is C10H22ClO2Sb. The van der Waals surface area contributed by atoms with E-state index in [0.29, 0.717) is 11.8 Å². The number of hydrogen-bond donors (Lipinski definition) is 0. The molecule has 0 aromatic heterocycles. The Bertz CT molecular complexity index is 117. The molecule has 0 amide bonds. The van der Waals surface area contributed by atoms with Crippen LogP contribution in [0.2, 0.25) is 0 Å². The summed E-state index contributed by atoms with van der Waals surface area (Å²) in [6.07, 6.45) is 2.14. The van der Waals surface area contributed by atoms with Crippen molar-refractivity contribution in [1.29, 1.82) is 0 Å². The molecule has 0 rings (SSSR count). The Morgan fingerprint density at radius 2 is 1.29 bits per heavy atom. The predicted molar refractivity (Wildman–Crippen MR) is 62.4 cm³/mol. The van der Waals surface area contributed by atoms with Gasteiger partial charge < -0.3 is 0 Å². The van der Waals surface area contributed by atoms with Crippen molar-refractivity contribution in [3.05, 3.63) is 0 Å². The summed E-state index contributed by atoms with van der Waals surface area (Å²) < 4.78 is 10.9. The van der Waals surface area contributed by atoms with E-state index < -0.39 is 19.9 Å². The molecule has 0 saturated carbocycles. The van der Waals surface area contributed by atoms with Crippen LogP contribution in [-0.4, -0.2) is 33.1 Å². The summed E-state index contributed by atoms with van der Waals surface area (Å²) in [6.45, 7) is 10.2. The van der Waals surface area contributed by atoms with Crippen molar-refractivity contribution in [3.63, 3.8) is 0 Å². The summed E-state index contributed by atoms with van der Waals surface area (Å²) in [5.41, 5.74) is 0. The van der Waals surface area contributed by atoms with Crippen LogP contribution in [0.25, 0.3) is 0 Å². The maximum atomic E-state index is 5.99. The van der Waals surface area contributed by atoms with Gasteiger partial charge in [0, 0.05) is 0 Å².